The molecule has 1 N–H and O–H groups in total. The average molecular weight is 215 g/mol. The van der Waals surface area contributed by atoms with Crippen molar-refractivity contribution in [3.63, 3.8) is 0 Å². The second-order valence-corrected chi connectivity index (χ2v) is 3.63. The minimum atomic E-state index is -0.255. The predicted molar refractivity (Wildman–Crippen MR) is 66.0 cm³/mol. The molecule has 0 unspecified atom stereocenters. The fraction of sp³-hybridized carbons (Fsp3) is 0.357. The number of hydrogen-bond acceptors (Lipinski definition) is 1. The van der Waals surface area contributed by atoms with Crippen LogP contribution in [-0.2, 0) is 11.2 Å². The maximum atomic E-state index is 10.9. The molecular weight excluding hydrogens is 198 g/mol. The van der Waals surface area contributed by atoms with E-state index in [-0.39, 0.29) is 5.91 Å². The zero-order valence-corrected chi connectivity index (χ0v) is 9.84. The van der Waals surface area contributed by atoms with Crippen LogP contribution in [0, 0.1) is 11.8 Å². The van der Waals surface area contributed by atoms with E-state index in [0.29, 0.717) is 0 Å². The van der Waals surface area contributed by atoms with Crippen LogP contribution in [0.4, 0.5) is 0 Å². The van der Waals surface area contributed by atoms with Gasteiger partial charge >= 0.3 is 0 Å². The summed E-state index contributed by atoms with van der Waals surface area (Å²) < 4.78 is 0. The Balaban J connectivity index is 2.63. The zero-order chi connectivity index (χ0) is 11.8. The van der Waals surface area contributed by atoms with Gasteiger partial charge in [0.2, 0.25) is 0 Å². The van der Waals surface area contributed by atoms with Gasteiger partial charge < -0.3 is 5.32 Å². The molecule has 2 nitrogen and oxygen atoms in total. The second kappa shape index (κ2) is 6.68. The smallest absolute Gasteiger partial charge is 0.295 e. The van der Waals surface area contributed by atoms with Crippen molar-refractivity contribution in [1.29, 1.82) is 0 Å². The number of nitrogens with one attached hydrogen (secondary N) is 1. The normalized spacial score (nSPS) is 9.12. The lowest BCUT2D eigenvalue weighted by Crippen LogP contribution is -2.14. The molecule has 0 spiro atoms. The number of carbonyl (C=O) groups excluding carboxylic acids is 1. The Morgan fingerprint density at radius 3 is 2.56 bits per heavy atom. The van der Waals surface area contributed by atoms with Crippen molar-refractivity contribution < 1.29 is 4.79 Å². The highest BCUT2D eigenvalue weighted by Gasteiger charge is 1.93. The molecule has 0 radical (unpaired) electrons. The van der Waals surface area contributed by atoms with Crippen LogP contribution in [0.3, 0.4) is 0 Å². The second-order valence-electron chi connectivity index (χ2n) is 3.63. The molecule has 0 saturated carbocycles. The Bertz CT molecular complexity index is 395. The summed E-state index contributed by atoms with van der Waals surface area (Å²) in [5.74, 6) is 5.07. The van der Waals surface area contributed by atoms with E-state index in [1.165, 1.54) is 18.4 Å². The quantitative estimate of drug-likeness (QED) is 0.769. The minimum Gasteiger partial charge on any atom is -0.348 e. The van der Waals surface area contributed by atoms with Crippen LogP contribution in [0.5, 0.6) is 0 Å². The van der Waals surface area contributed by atoms with Crippen molar-refractivity contribution in [3.8, 4) is 11.8 Å². The fourth-order valence-electron chi connectivity index (χ4n) is 1.33. The molecule has 1 aromatic rings. The van der Waals surface area contributed by atoms with E-state index in [9.17, 15) is 4.79 Å². The van der Waals surface area contributed by atoms with Crippen molar-refractivity contribution >= 4 is 5.91 Å². The van der Waals surface area contributed by atoms with Crippen LogP contribution in [0.1, 0.15) is 30.9 Å². The van der Waals surface area contributed by atoms with Gasteiger partial charge in [-0.25, -0.2) is 0 Å². The molecule has 0 aliphatic rings. The Kier molecular flexibility index (Phi) is 5.15. The molecule has 0 heterocycles. The van der Waals surface area contributed by atoms with Crippen LogP contribution < -0.4 is 5.32 Å². The SMILES string of the molecule is CCCCc1ccc(C#CC(=O)NC)cc1. The molecule has 1 aromatic carbocycles. The Morgan fingerprint density at radius 1 is 1.31 bits per heavy atom. The molecule has 0 bridgehead atoms. The Morgan fingerprint density at radius 2 is 2.00 bits per heavy atom. The highest BCUT2D eigenvalue weighted by molar-refractivity contribution is 5.93. The van der Waals surface area contributed by atoms with E-state index >= 15 is 0 Å². The molecule has 1 rings (SSSR count). The first-order valence-corrected chi connectivity index (χ1v) is 5.59. The van der Waals surface area contributed by atoms with Gasteiger partial charge in [-0.1, -0.05) is 31.4 Å². The highest BCUT2D eigenvalue weighted by atomic mass is 16.1. The van der Waals surface area contributed by atoms with Crippen molar-refractivity contribution in [1.82, 2.24) is 5.32 Å². The number of hydrogen-bond donors (Lipinski definition) is 1. The molecule has 0 aliphatic heterocycles. The molecule has 1 amide bonds. The minimum absolute atomic E-state index is 0.255. The van der Waals surface area contributed by atoms with E-state index in [2.05, 4.69) is 36.2 Å². The van der Waals surface area contributed by atoms with Gasteiger partial charge in [0.25, 0.3) is 5.91 Å². The average Bonchev–Trinajstić information content (AvgIpc) is 2.34. The molecule has 0 atom stereocenters. The standard InChI is InChI=1S/C14H17NO/c1-3-4-5-12-6-8-13(9-7-12)10-11-14(16)15-2/h6-9H,3-5H2,1-2H3,(H,15,16). The van der Waals surface area contributed by atoms with Gasteiger partial charge in [0.1, 0.15) is 0 Å². The van der Waals surface area contributed by atoms with E-state index in [4.69, 9.17) is 0 Å². The highest BCUT2D eigenvalue weighted by Crippen LogP contribution is 2.06. The summed E-state index contributed by atoms with van der Waals surface area (Å²) in [5, 5.41) is 2.46. The van der Waals surface area contributed by atoms with Crippen LogP contribution in [-0.4, -0.2) is 13.0 Å². The van der Waals surface area contributed by atoms with Gasteiger partial charge in [-0.05, 0) is 30.5 Å². The molecule has 0 aromatic heterocycles. The summed E-state index contributed by atoms with van der Waals surface area (Å²) in [4.78, 5) is 10.9. The van der Waals surface area contributed by atoms with Crippen LogP contribution in [0.2, 0.25) is 0 Å². The molecule has 16 heavy (non-hydrogen) atoms. The first-order chi connectivity index (χ1) is 7.76. The topological polar surface area (TPSA) is 29.1 Å². The summed E-state index contributed by atoms with van der Waals surface area (Å²) in [6, 6.07) is 8.06. The third-order valence-corrected chi connectivity index (χ3v) is 2.32. The lowest BCUT2D eigenvalue weighted by molar-refractivity contribution is -0.115. The molecule has 84 valence electrons. The lowest BCUT2D eigenvalue weighted by atomic mass is 10.1. The summed E-state index contributed by atoms with van der Waals surface area (Å²) in [6.07, 6.45) is 3.53. The molecule has 0 aliphatic carbocycles. The van der Waals surface area contributed by atoms with E-state index in [1.807, 2.05) is 12.1 Å². The van der Waals surface area contributed by atoms with Crippen molar-refractivity contribution in [2.45, 2.75) is 26.2 Å². The largest absolute Gasteiger partial charge is 0.348 e. The number of unbranched alkanes of at least 4 members (excludes halogenated alkanes) is 1. The summed E-state index contributed by atoms with van der Waals surface area (Å²) in [7, 11) is 1.57. The van der Waals surface area contributed by atoms with Gasteiger partial charge in [0, 0.05) is 18.5 Å². The van der Waals surface area contributed by atoms with Crippen molar-refractivity contribution in [2.75, 3.05) is 7.05 Å². The van der Waals surface area contributed by atoms with Crippen LogP contribution in [0.25, 0.3) is 0 Å². The van der Waals surface area contributed by atoms with Gasteiger partial charge in [-0.15, -0.1) is 0 Å². The number of benzene rings is 1. The molecule has 0 saturated heterocycles. The number of rotatable bonds is 3. The molecule has 0 fully saturated rings. The number of carbonyl (C=O) groups is 1. The van der Waals surface area contributed by atoms with E-state index in [1.54, 1.807) is 7.05 Å². The van der Waals surface area contributed by atoms with Gasteiger partial charge in [-0.2, -0.15) is 0 Å². The predicted octanol–water partition coefficient (Wildman–Crippen LogP) is 2.13. The third kappa shape index (κ3) is 4.18. The Labute approximate surface area is 97.1 Å². The van der Waals surface area contributed by atoms with Crippen LogP contribution >= 0.6 is 0 Å². The summed E-state index contributed by atoms with van der Waals surface area (Å²) in [5.41, 5.74) is 2.20. The van der Waals surface area contributed by atoms with Gasteiger partial charge in [0.05, 0.1) is 0 Å². The van der Waals surface area contributed by atoms with Gasteiger partial charge in [0.15, 0.2) is 0 Å². The van der Waals surface area contributed by atoms with E-state index < -0.39 is 0 Å². The summed E-state index contributed by atoms with van der Waals surface area (Å²) in [6.45, 7) is 2.18. The first-order valence-electron chi connectivity index (χ1n) is 5.59. The molecular formula is C14H17NO. The third-order valence-electron chi connectivity index (χ3n) is 2.32. The number of aryl methyl sites for hydroxylation is 1. The maximum absolute atomic E-state index is 10.9. The summed E-state index contributed by atoms with van der Waals surface area (Å²) >= 11 is 0. The molecule has 2 heteroatoms. The van der Waals surface area contributed by atoms with Crippen LogP contribution in [0.15, 0.2) is 24.3 Å². The lowest BCUT2D eigenvalue weighted by Gasteiger charge is -1.99. The number of amides is 1. The monoisotopic (exact) mass is 215 g/mol. The maximum Gasteiger partial charge on any atom is 0.295 e. The van der Waals surface area contributed by atoms with Crippen molar-refractivity contribution in [3.05, 3.63) is 35.4 Å². The fourth-order valence-corrected chi connectivity index (χ4v) is 1.33. The van der Waals surface area contributed by atoms with Crippen molar-refractivity contribution in [2.24, 2.45) is 0 Å². The Hall–Kier alpha value is -1.75. The van der Waals surface area contributed by atoms with Gasteiger partial charge in [-0.3, -0.25) is 4.79 Å². The zero-order valence-electron chi connectivity index (χ0n) is 9.84. The van der Waals surface area contributed by atoms with E-state index in [0.717, 1.165) is 12.0 Å². The first kappa shape index (κ1) is 12.3.